The molecule has 96 valence electrons. The van der Waals surface area contributed by atoms with Crippen LogP contribution in [-0.4, -0.2) is 26.0 Å². The molecule has 1 N–H and O–H groups in total. The zero-order valence-corrected chi connectivity index (χ0v) is 10.4. The van der Waals surface area contributed by atoms with Crippen LogP contribution in [0.1, 0.15) is 37.5 Å². The maximum atomic E-state index is 5.59. The first kappa shape index (κ1) is 11.4. The summed E-state index contributed by atoms with van der Waals surface area (Å²) < 4.78 is 7.49. The molecule has 0 unspecified atom stereocenters. The predicted molar refractivity (Wildman–Crippen MR) is 64.8 cm³/mol. The van der Waals surface area contributed by atoms with Crippen LogP contribution in [0.4, 0.5) is 0 Å². The van der Waals surface area contributed by atoms with E-state index in [0.29, 0.717) is 24.4 Å². The van der Waals surface area contributed by atoms with Crippen molar-refractivity contribution in [1.29, 1.82) is 0 Å². The minimum Gasteiger partial charge on any atom is -0.424 e. The first-order chi connectivity index (χ1) is 8.81. The summed E-state index contributed by atoms with van der Waals surface area (Å²) >= 11 is 0. The van der Waals surface area contributed by atoms with Gasteiger partial charge in [0.2, 0.25) is 11.8 Å². The monoisotopic (exact) mass is 247 g/mol. The van der Waals surface area contributed by atoms with Crippen molar-refractivity contribution in [1.82, 2.24) is 25.3 Å². The van der Waals surface area contributed by atoms with Gasteiger partial charge in [0.05, 0.1) is 13.1 Å². The highest BCUT2D eigenvalue weighted by Crippen LogP contribution is 2.38. The van der Waals surface area contributed by atoms with Gasteiger partial charge in [-0.1, -0.05) is 0 Å². The van der Waals surface area contributed by atoms with Crippen molar-refractivity contribution < 1.29 is 4.42 Å². The second-order valence-electron chi connectivity index (χ2n) is 4.82. The van der Waals surface area contributed by atoms with Gasteiger partial charge in [-0.05, 0) is 25.8 Å². The Hall–Kier alpha value is -1.69. The molecule has 18 heavy (non-hydrogen) atoms. The lowest BCUT2D eigenvalue weighted by Gasteiger charge is -2.11. The van der Waals surface area contributed by atoms with Crippen molar-refractivity contribution >= 4 is 0 Å². The quantitative estimate of drug-likeness (QED) is 0.833. The third-order valence-corrected chi connectivity index (χ3v) is 3.03. The third kappa shape index (κ3) is 2.76. The maximum absolute atomic E-state index is 5.59. The van der Waals surface area contributed by atoms with Gasteiger partial charge in [-0.15, -0.1) is 10.2 Å². The average Bonchev–Trinajstić information content (AvgIpc) is 2.90. The summed E-state index contributed by atoms with van der Waals surface area (Å²) in [7, 11) is 0. The van der Waals surface area contributed by atoms with Crippen molar-refractivity contribution in [2.24, 2.45) is 0 Å². The smallest absolute Gasteiger partial charge is 0.230 e. The summed E-state index contributed by atoms with van der Waals surface area (Å²) in [5.74, 6) is 1.99. The standard InChI is InChI=1S/C12H17N5O/c1-9(8-17-6-2-5-14-17)13-7-11-15-16-12(18-11)10-3-4-10/h2,5-6,9-10,13H,3-4,7-8H2,1H3/t9-/m0/s1. The van der Waals surface area contributed by atoms with Crippen LogP contribution < -0.4 is 5.32 Å². The van der Waals surface area contributed by atoms with E-state index >= 15 is 0 Å². The van der Waals surface area contributed by atoms with Crippen molar-refractivity contribution in [3.8, 4) is 0 Å². The summed E-state index contributed by atoms with van der Waals surface area (Å²) in [6.45, 7) is 3.55. The van der Waals surface area contributed by atoms with Gasteiger partial charge in [0.15, 0.2) is 0 Å². The molecule has 3 rings (SSSR count). The molecule has 0 bridgehead atoms. The number of hydrogen-bond donors (Lipinski definition) is 1. The Morgan fingerprint density at radius 2 is 2.39 bits per heavy atom. The zero-order valence-electron chi connectivity index (χ0n) is 10.4. The lowest BCUT2D eigenvalue weighted by molar-refractivity contribution is 0.394. The van der Waals surface area contributed by atoms with Crippen LogP contribution in [0.2, 0.25) is 0 Å². The number of nitrogens with zero attached hydrogens (tertiary/aromatic N) is 4. The molecule has 0 radical (unpaired) electrons. The van der Waals surface area contributed by atoms with Crippen molar-refractivity contribution in [2.45, 2.75) is 44.8 Å². The molecule has 0 aliphatic heterocycles. The molecular weight excluding hydrogens is 230 g/mol. The van der Waals surface area contributed by atoms with E-state index in [1.54, 1.807) is 6.20 Å². The van der Waals surface area contributed by atoms with Crippen LogP contribution >= 0.6 is 0 Å². The average molecular weight is 247 g/mol. The number of aromatic nitrogens is 4. The van der Waals surface area contributed by atoms with Gasteiger partial charge in [-0.25, -0.2) is 0 Å². The second-order valence-corrected chi connectivity index (χ2v) is 4.82. The molecule has 1 atom stereocenters. The van der Waals surface area contributed by atoms with Crippen LogP contribution in [0.5, 0.6) is 0 Å². The van der Waals surface area contributed by atoms with Gasteiger partial charge in [0.25, 0.3) is 0 Å². The number of nitrogens with one attached hydrogen (secondary N) is 1. The van der Waals surface area contributed by atoms with Crippen LogP contribution in [0.25, 0.3) is 0 Å². The first-order valence-electron chi connectivity index (χ1n) is 6.34. The van der Waals surface area contributed by atoms with E-state index in [9.17, 15) is 0 Å². The summed E-state index contributed by atoms with van der Waals surface area (Å²) in [5, 5.41) is 15.6. The third-order valence-electron chi connectivity index (χ3n) is 3.03. The maximum Gasteiger partial charge on any atom is 0.230 e. The molecular formula is C12H17N5O. The van der Waals surface area contributed by atoms with E-state index in [0.717, 1.165) is 12.4 Å². The van der Waals surface area contributed by atoms with E-state index in [-0.39, 0.29) is 0 Å². The Bertz CT molecular complexity index is 488. The van der Waals surface area contributed by atoms with Gasteiger partial charge in [-0.2, -0.15) is 5.10 Å². The summed E-state index contributed by atoms with van der Waals surface area (Å²) in [6.07, 6.45) is 6.11. The molecule has 2 heterocycles. The fourth-order valence-corrected chi connectivity index (χ4v) is 1.85. The van der Waals surface area contributed by atoms with E-state index in [4.69, 9.17) is 4.42 Å². The molecule has 1 saturated carbocycles. The lowest BCUT2D eigenvalue weighted by Crippen LogP contribution is -2.30. The fraction of sp³-hybridized carbons (Fsp3) is 0.583. The fourth-order valence-electron chi connectivity index (χ4n) is 1.85. The SMILES string of the molecule is C[C@@H](Cn1cccn1)NCc1nnc(C2CC2)o1. The van der Waals surface area contributed by atoms with Crippen LogP contribution in [0, 0.1) is 0 Å². The van der Waals surface area contributed by atoms with Gasteiger partial charge in [0, 0.05) is 24.4 Å². The Kier molecular flexibility index (Phi) is 3.10. The second kappa shape index (κ2) is 4.89. The van der Waals surface area contributed by atoms with Crippen molar-refractivity contribution in [3.63, 3.8) is 0 Å². The molecule has 1 aliphatic carbocycles. The topological polar surface area (TPSA) is 68.8 Å². The van der Waals surface area contributed by atoms with E-state index < -0.39 is 0 Å². The normalized spacial score (nSPS) is 16.9. The van der Waals surface area contributed by atoms with E-state index in [1.165, 1.54) is 12.8 Å². The molecule has 6 heteroatoms. The van der Waals surface area contributed by atoms with Gasteiger partial charge < -0.3 is 9.73 Å². The Morgan fingerprint density at radius 1 is 1.50 bits per heavy atom. The highest BCUT2D eigenvalue weighted by atomic mass is 16.4. The molecule has 0 spiro atoms. The molecule has 1 aliphatic rings. The predicted octanol–water partition coefficient (Wildman–Crippen LogP) is 1.32. The van der Waals surface area contributed by atoms with Gasteiger partial charge in [0.1, 0.15) is 0 Å². The van der Waals surface area contributed by atoms with Crippen LogP contribution in [-0.2, 0) is 13.1 Å². The highest BCUT2D eigenvalue weighted by Gasteiger charge is 2.29. The van der Waals surface area contributed by atoms with Crippen LogP contribution in [0.3, 0.4) is 0 Å². The first-order valence-corrected chi connectivity index (χ1v) is 6.34. The van der Waals surface area contributed by atoms with Crippen molar-refractivity contribution in [3.05, 3.63) is 30.2 Å². The Morgan fingerprint density at radius 3 is 3.11 bits per heavy atom. The molecule has 0 aromatic carbocycles. The molecule has 0 saturated heterocycles. The molecule has 2 aromatic heterocycles. The van der Waals surface area contributed by atoms with Crippen LogP contribution in [0.15, 0.2) is 22.9 Å². The zero-order chi connectivity index (χ0) is 12.4. The largest absolute Gasteiger partial charge is 0.424 e. The Labute approximate surface area is 105 Å². The highest BCUT2D eigenvalue weighted by molar-refractivity contribution is 5.00. The summed E-state index contributed by atoms with van der Waals surface area (Å²) in [6, 6.07) is 2.23. The van der Waals surface area contributed by atoms with E-state index in [2.05, 4.69) is 27.5 Å². The van der Waals surface area contributed by atoms with E-state index in [1.807, 2.05) is 16.9 Å². The lowest BCUT2D eigenvalue weighted by atomic mass is 10.3. The molecule has 2 aromatic rings. The molecule has 1 fully saturated rings. The molecule has 6 nitrogen and oxygen atoms in total. The van der Waals surface area contributed by atoms with Gasteiger partial charge >= 0.3 is 0 Å². The van der Waals surface area contributed by atoms with Crippen molar-refractivity contribution in [2.75, 3.05) is 0 Å². The Balaban J connectivity index is 1.47. The minimum absolute atomic E-state index is 0.307. The number of rotatable bonds is 6. The number of hydrogen-bond acceptors (Lipinski definition) is 5. The van der Waals surface area contributed by atoms with Gasteiger partial charge in [-0.3, -0.25) is 4.68 Å². The molecule has 0 amide bonds. The minimum atomic E-state index is 0.307. The summed E-state index contributed by atoms with van der Waals surface area (Å²) in [5.41, 5.74) is 0. The summed E-state index contributed by atoms with van der Waals surface area (Å²) in [4.78, 5) is 0.